The van der Waals surface area contributed by atoms with Gasteiger partial charge in [-0.25, -0.2) is 0 Å². The first-order valence-electron chi connectivity index (χ1n) is 4.70. The summed E-state index contributed by atoms with van der Waals surface area (Å²) in [6.45, 7) is 1.82. The Balaban J connectivity index is 2.53. The average Bonchev–Trinajstić information content (AvgIpc) is 2.27. The number of ether oxygens (including phenoxy) is 1. The Bertz CT molecular complexity index is 315. The summed E-state index contributed by atoms with van der Waals surface area (Å²) in [5.41, 5.74) is 0.585. The van der Waals surface area contributed by atoms with E-state index in [0.717, 1.165) is 12.8 Å². The largest absolute Gasteiger partial charge is 0.364 e. The van der Waals surface area contributed by atoms with E-state index in [1.807, 2.05) is 25.1 Å². The number of hydrogen-bond donors (Lipinski definition) is 0. The lowest BCUT2D eigenvalue weighted by Gasteiger charge is -2.19. The van der Waals surface area contributed by atoms with E-state index in [-0.39, 0.29) is 0 Å². The van der Waals surface area contributed by atoms with Crippen LogP contribution in [0, 0.1) is 11.3 Å². The minimum absolute atomic E-state index is 0.657. The van der Waals surface area contributed by atoms with Crippen LogP contribution in [0.5, 0.6) is 0 Å². The second kappa shape index (κ2) is 4.78. The van der Waals surface area contributed by atoms with Gasteiger partial charge < -0.3 is 4.74 Å². The number of aryl methyl sites for hydroxylation is 1. The van der Waals surface area contributed by atoms with Gasteiger partial charge in [-0.15, -0.1) is 0 Å². The maximum atomic E-state index is 8.89. The molecule has 0 aliphatic carbocycles. The molecule has 1 unspecified atom stereocenters. The zero-order valence-corrected chi connectivity index (χ0v) is 8.66. The van der Waals surface area contributed by atoms with Gasteiger partial charge in [-0.2, -0.15) is 5.26 Å². The molecule has 0 N–H and O–H groups in total. The lowest BCUT2D eigenvalue weighted by Crippen LogP contribution is -2.25. The predicted molar refractivity (Wildman–Crippen MR) is 55.8 cm³/mol. The lowest BCUT2D eigenvalue weighted by atomic mass is 9.98. The van der Waals surface area contributed by atoms with Crippen molar-refractivity contribution in [3.05, 3.63) is 35.9 Å². The van der Waals surface area contributed by atoms with Crippen LogP contribution < -0.4 is 0 Å². The molecule has 0 radical (unpaired) electrons. The molecule has 0 bridgehead atoms. The Morgan fingerprint density at radius 3 is 2.50 bits per heavy atom. The molecule has 0 heterocycles. The van der Waals surface area contributed by atoms with Crippen molar-refractivity contribution in [3.8, 4) is 6.07 Å². The van der Waals surface area contributed by atoms with Gasteiger partial charge in [0, 0.05) is 7.11 Å². The SMILES string of the molecule is COC(C)(C#N)CCc1ccccc1. The fourth-order valence-electron chi connectivity index (χ4n) is 1.23. The quantitative estimate of drug-likeness (QED) is 0.729. The number of methoxy groups -OCH3 is 1. The van der Waals surface area contributed by atoms with Crippen molar-refractivity contribution in [2.24, 2.45) is 0 Å². The third-order valence-electron chi connectivity index (χ3n) is 2.42. The van der Waals surface area contributed by atoms with Crippen LogP contribution in [0.4, 0.5) is 0 Å². The van der Waals surface area contributed by atoms with Gasteiger partial charge in [-0.05, 0) is 25.3 Å². The number of nitriles is 1. The van der Waals surface area contributed by atoms with Crippen LogP contribution in [-0.4, -0.2) is 12.7 Å². The maximum absolute atomic E-state index is 8.89. The summed E-state index contributed by atoms with van der Waals surface area (Å²) in [7, 11) is 1.58. The molecule has 0 aliphatic heterocycles. The molecule has 74 valence electrons. The lowest BCUT2D eigenvalue weighted by molar-refractivity contribution is 0.0484. The van der Waals surface area contributed by atoms with Crippen LogP contribution in [0.2, 0.25) is 0 Å². The van der Waals surface area contributed by atoms with E-state index in [2.05, 4.69) is 18.2 Å². The standard InChI is InChI=1S/C12H15NO/c1-12(10-13,14-2)9-8-11-6-4-3-5-7-11/h3-7H,8-9H2,1-2H3. The van der Waals surface area contributed by atoms with Gasteiger partial charge in [0.05, 0.1) is 6.07 Å². The molecule has 0 aromatic heterocycles. The third-order valence-corrected chi connectivity index (χ3v) is 2.42. The van der Waals surface area contributed by atoms with Crippen molar-refractivity contribution in [1.82, 2.24) is 0 Å². The molecule has 0 saturated heterocycles. The molecule has 2 heteroatoms. The summed E-state index contributed by atoms with van der Waals surface area (Å²) >= 11 is 0. The van der Waals surface area contributed by atoms with Crippen LogP contribution in [0.3, 0.4) is 0 Å². The molecule has 1 atom stereocenters. The van der Waals surface area contributed by atoms with Crippen molar-refractivity contribution < 1.29 is 4.74 Å². The van der Waals surface area contributed by atoms with Crippen molar-refractivity contribution >= 4 is 0 Å². The van der Waals surface area contributed by atoms with Crippen LogP contribution in [-0.2, 0) is 11.2 Å². The summed E-state index contributed by atoms with van der Waals surface area (Å²) in [5, 5.41) is 8.89. The highest BCUT2D eigenvalue weighted by molar-refractivity contribution is 5.16. The summed E-state index contributed by atoms with van der Waals surface area (Å²) in [6, 6.07) is 12.3. The molecular formula is C12H15NO. The molecule has 1 aromatic rings. The molecule has 1 rings (SSSR count). The molecule has 2 nitrogen and oxygen atoms in total. The van der Waals surface area contributed by atoms with Crippen molar-refractivity contribution in [2.75, 3.05) is 7.11 Å². The second-order valence-electron chi connectivity index (χ2n) is 3.53. The van der Waals surface area contributed by atoms with Gasteiger partial charge in [-0.1, -0.05) is 30.3 Å². The Kier molecular flexibility index (Phi) is 3.67. The average molecular weight is 189 g/mol. The smallest absolute Gasteiger partial charge is 0.151 e. The van der Waals surface area contributed by atoms with E-state index in [9.17, 15) is 0 Å². The van der Waals surface area contributed by atoms with Crippen LogP contribution in [0.15, 0.2) is 30.3 Å². The predicted octanol–water partition coefficient (Wildman–Crippen LogP) is 2.55. The summed E-state index contributed by atoms with van der Waals surface area (Å²) in [5.74, 6) is 0. The van der Waals surface area contributed by atoms with Crippen LogP contribution in [0.1, 0.15) is 18.9 Å². The minimum atomic E-state index is -0.657. The van der Waals surface area contributed by atoms with Crippen LogP contribution >= 0.6 is 0 Å². The van der Waals surface area contributed by atoms with E-state index in [1.165, 1.54) is 5.56 Å². The molecule has 0 spiro atoms. The summed E-state index contributed by atoms with van der Waals surface area (Å²) < 4.78 is 5.15. The number of nitrogens with zero attached hydrogens (tertiary/aromatic N) is 1. The van der Waals surface area contributed by atoms with Crippen molar-refractivity contribution in [3.63, 3.8) is 0 Å². The Morgan fingerprint density at radius 2 is 2.00 bits per heavy atom. The van der Waals surface area contributed by atoms with Gasteiger partial charge in [-0.3, -0.25) is 0 Å². The van der Waals surface area contributed by atoms with Gasteiger partial charge in [0.25, 0.3) is 0 Å². The number of rotatable bonds is 4. The Morgan fingerprint density at radius 1 is 1.36 bits per heavy atom. The highest BCUT2D eigenvalue weighted by Gasteiger charge is 2.21. The third kappa shape index (κ3) is 2.86. The van der Waals surface area contributed by atoms with Gasteiger partial charge in [0.1, 0.15) is 0 Å². The topological polar surface area (TPSA) is 33.0 Å². The number of hydrogen-bond acceptors (Lipinski definition) is 2. The molecule has 0 saturated carbocycles. The summed E-state index contributed by atoms with van der Waals surface area (Å²) in [4.78, 5) is 0. The van der Waals surface area contributed by atoms with E-state index >= 15 is 0 Å². The normalized spacial score (nSPS) is 14.4. The van der Waals surface area contributed by atoms with E-state index in [0.29, 0.717) is 0 Å². The monoisotopic (exact) mass is 189 g/mol. The fourth-order valence-corrected chi connectivity index (χ4v) is 1.23. The maximum Gasteiger partial charge on any atom is 0.151 e. The first kappa shape index (κ1) is 10.7. The van der Waals surface area contributed by atoms with E-state index in [4.69, 9.17) is 10.00 Å². The molecule has 0 aliphatic rings. The fraction of sp³-hybridized carbons (Fsp3) is 0.417. The Labute approximate surface area is 85.1 Å². The molecular weight excluding hydrogens is 174 g/mol. The first-order valence-corrected chi connectivity index (χ1v) is 4.70. The first-order chi connectivity index (χ1) is 6.70. The highest BCUT2D eigenvalue weighted by atomic mass is 16.5. The van der Waals surface area contributed by atoms with Crippen molar-refractivity contribution in [2.45, 2.75) is 25.4 Å². The van der Waals surface area contributed by atoms with Gasteiger partial charge >= 0.3 is 0 Å². The Hall–Kier alpha value is -1.33. The zero-order valence-electron chi connectivity index (χ0n) is 8.66. The number of benzene rings is 1. The van der Waals surface area contributed by atoms with Gasteiger partial charge in [0.2, 0.25) is 0 Å². The van der Waals surface area contributed by atoms with Crippen LogP contribution in [0.25, 0.3) is 0 Å². The van der Waals surface area contributed by atoms with E-state index in [1.54, 1.807) is 7.11 Å². The molecule has 14 heavy (non-hydrogen) atoms. The summed E-state index contributed by atoms with van der Waals surface area (Å²) in [6.07, 6.45) is 1.60. The molecule has 0 amide bonds. The van der Waals surface area contributed by atoms with Gasteiger partial charge in [0.15, 0.2) is 5.60 Å². The molecule has 0 fully saturated rings. The van der Waals surface area contributed by atoms with Crippen molar-refractivity contribution in [1.29, 1.82) is 5.26 Å². The minimum Gasteiger partial charge on any atom is -0.364 e. The molecule has 1 aromatic carbocycles. The van der Waals surface area contributed by atoms with E-state index < -0.39 is 5.60 Å². The second-order valence-corrected chi connectivity index (χ2v) is 3.53. The zero-order chi connectivity index (χ0) is 10.4. The highest BCUT2D eigenvalue weighted by Crippen LogP contribution is 2.16.